The summed E-state index contributed by atoms with van der Waals surface area (Å²) in [6.07, 6.45) is 0. The van der Waals surface area contributed by atoms with Crippen LogP contribution in [0.15, 0.2) is 18.2 Å². The monoisotopic (exact) mass is 241 g/mol. The van der Waals surface area contributed by atoms with E-state index in [0.717, 1.165) is 0 Å². The van der Waals surface area contributed by atoms with Gasteiger partial charge in [0, 0.05) is 17.5 Å². The average molecular weight is 242 g/mol. The van der Waals surface area contributed by atoms with Crippen molar-refractivity contribution >= 4 is 17.4 Å². The molecule has 88 valence electrons. The Kier molecular flexibility index (Phi) is 3.94. The van der Waals surface area contributed by atoms with E-state index in [-0.39, 0.29) is 5.78 Å². The molecule has 0 spiro atoms. The van der Waals surface area contributed by atoms with Gasteiger partial charge in [0.25, 0.3) is 0 Å². The molecule has 2 N–H and O–H groups in total. The van der Waals surface area contributed by atoms with Gasteiger partial charge in [-0.3, -0.25) is 4.79 Å². The van der Waals surface area contributed by atoms with Crippen molar-refractivity contribution in [3.8, 4) is 5.75 Å². The third kappa shape index (κ3) is 2.54. The third-order valence-electron chi connectivity index (χ3n) is 2.54. The fourth-order valence-electron chi connectivity index (χ4n) is 1.29. The van der Waals surface area contributed by atoms with Gasteiger partial charge in [-0.2, -0.15) is 0 Å². The molecule has 0 fully saturated rings. The Morgan fingerprint density at radius 2 is 2.12 bits per heavy atom. The standard InChI is InChI=1S/C12H16ClNO2/c1-12(2,7-14)11(15)8-4-5-10(16-3)9(13)6-8/h4-6H,7,14H2,1-3H3. The molecule has 0 aliphatic rings. The van der Waals surface area contributed by atoms with Gasteiger partial charge >= 0.3 is 0 Å². The fourth-order valence-corrected chi connectivity index (χ4v) is 1.55. The lowest BCUT2D eigenvalue weighted by Crippen LogP contribution is -2.32. The summed E-state index contributed by atoms with van der Waals surface area (Å²) in [6.45, 7) is 3.93. The molecule has 0 aliphatic heterocycles. The molecule has 0 saturated heterocycles. The smallest absolute Gasteiger partial charge is 0.169 e. The molecule has 0 amide bonds. The van der Waals surface area contributed by atoms with E-state index in [1.807, 2.05) is 13.8 Å². The second-order valence-corrected chi connectivity index (χ2v) is 4.67. The number of hydrogen-bond donors (Lipinski definition) is 1. The normalized spacial score (nSPS) is 11.3. The first kappa shape index (κ1) is 13.0. The number of halogens is 1. The van der Waals surface area contributed by atoms with Gasteiger partial charge in [-0.15, -0.1) is 0 Å². The molecule has 4 heteroatoms. The molecule has 16 heavy (non-hydrogen) atoms. The van der Waals surface area contributed by atoms with Crippen LogP contribution in [0.25, 0.3) is 0 Å². The largest absolute Gasteiger partial charge is 0.495 e. The summed E-state index contributed by atoms with van der Waals surface area (Å²) in [7, 11) is 1.53. The number of benzene rings is 1. The maximum absolute atomic E-state index is 12.1. The minimum absolute atomic E-state index is 0.0143. The topological polar surface area (TPSA) is 52.3 Å². The number of ketones is 1. The molecular weight excluding hydrogens is 226 g/mol. The van der Waals surface area contributed by atoms with Gasteiger partial charge in [-0.05, 0) is 18.2 Å². The molecule has 0 unspecified atom stereocenters. The van der Waals surface area contributed by atoms with Crippen molar-refractivity contribution in [3.05, 3.63) is 28.8 Å². The van der Waals surface area contributed by atoms with E-state index in [1.165, 1.54) is 7.11 Å². The number of carbonyl (C=O) groups is 1. The Hall–Kier alpha value is -1.06. The van der Waals surface area contributed by atoms with Crippen molar-refractivity contribution < 1.29 is 9.53 Å². The third-order valence-corrected chi connectivity index (χ3v) is 2.83. The van der Waals surface area contributed by atoms with E-state index in [0.29, 0.717) is 22.9 Å². The summed E-state index contributed by atoms with van der Waals surface area (Å²) >= 11 is 5.96. The van der Waals surface area contributed by atoms with Crippen molar-refractivity contribution in [1.82, 2.24) is 0 Å². The van der Waals surface area contributed by atoms with Crippen molar-refractivity contribution in [2.45, 2.75) is 13.8 Å². The molecular formula is C12H16ClNO2. The van der Waals surface area contributed by atoms with E-state index >= 15 is 0 Å². The van der Waals surface area contributed by atoms with Crippen LogP contribution in [0.1, 0.15) is 24.2 Å². The van der Waals surface area contributed by atoms with E-state index in [2.05, 4.69) is 0 Å². The van der Waals surface area contributed by atoms with Gasteiger partial charge in [-0.25, -0.2) is 0 Å². The fraction of sp³-hybridized carbons (Fsp3) is 0.417. The van der Waals surface area contributed by atoms with Crippen LogP contribution in [0.3, 0.4) is 0 Å². The number of Topliss-reactive ketones (excluding diaryl/α,β-unsaturated/α-hetero) is 1. The average Bonchev–Trinajstić information content (AvgIpc) is 2.27. The van der Waals surface area contributed by atoms with Crippen LogP contribution >= 0.6 is 11.6 Å². The van der Waals surface area contributed by atoms with Crippen LogP contribution in [-0.2, 0) is 0 Å². The highest BCUT2D eigenvalue weighted by atomic mass is 35.5. The van der Waals surface area contributed by atoms with Gasteiger partial charge in [-0.1, -0.05) is 25.4 Å². The Balaban J connectivity index is 3.07. The second kappa shape index (κ2) is 4.85. The van der Waals surface area contributed by atoms with Crippen LogP contribution in [0.2, 0.25) is 5.02 Å². The number of hydrogen-bond acceptors (Lipinski definition) is 3. The van der Waals surface area contributed by atoms with Gasteiger partial charge in [0.05, 0.1) is 12.1 Å². The summed E-state index contributed by atoms with van der Waals surface area (Å²) in [5.41, 5.74) is 5.55. The quantitative estimate of drug-likeness (QED) is 0.825. The first-order valence-corrected chi connectivity index (χ1v) is 5.38. The maximum atomic E-state index is 12.1. The SMILES string of the molecule is COc1ccc(C(=O)C(C)(C)CN)cc1Cl. The van der Waals surface area contributed by atoms with Crippen LogP contribution < -0.4 is 10.5 Å². The molecule has 3 nitrogen and oxygen atoms in total. The number of methoxy groups -OCH3 is 1. The lowest BCUT2D eigenvalue weighted by atomic mass is 9.84. The Morgan fingerprint density at radius 3 is 2.56 bits per heavy atom. The summed E-state index contributed by atoms with van der Waals surface area (Å²) in [6, 6.07) is 4.99. The summed E-state index contributed by atoms with van der Waals surface area (Å²) in [5.74, 6) is 0.545. The van der Waals surface area contributed by atoms with Crippen molar-refractivity contribution in [1.29, 1.82) is 0 Å². The molecule has 0 aliphatic carbocycles. The molecule has 0 heterocycles. The van der Waals surface area contributed by atoms with Crippen molar-refractivity contribution in [2.75, 3.05) is 13.7 Å². The second-order valence-electron chi connectivity index (χ2n) is 4.27. The predicted octanol–water partition coefficient (Wildman–Crippen LogP) is 2.52. The molecule has 0 radical (unpaired) electrons. The Morgan fingerprint density at radius 1 is 1.50 bits per heavy atom. The van der Waals surface area contributed by atoms with Crippen molar-refractivity contribution in [3.63, 3.8) is 0 Å². The summed E-state index contributed by atoms with van der Waals surface area (Å²) in [5, 5.41) is 0.432. The minimum atomic E-state index is -0.572. The molecule has 0 saturated carbocycles. The lowest BCUT2D eigenvalue weighted by molar-refractivity contribution is 0.0847. The van der Waals surface area contributed by atoms with E-state index in [1.54, 1.807) is 18.2 Å². The predicted molar refractivity (Wildman–Crippen MR) is 65.2 cm³/mol. The molecule has 0 aromatic heterocycles. The number of rotatable bonds is 4. The number of carbonyl (C=O) groups excluding carboxylic acids is 1. The van der Waals surface area contributed by atoms with Gasteiger partial charge in [0.15, 0.2) is 5.78 Å². The highest BCUT2D eigenvalue weighted by Crippen LogP contribution is 2.28. The molecule has 0 atom stereocenters. The van der Waals surface area contributed by atoms with Crippen LogP contribution in [0.4, 0.5) is 0 Å². The number of ether oxygens (including phenoxy) is 1. The maximum Gasteiger partial charge on any atom is 0.169 e. The first-order valence-electron chi connectivity index (χ1n) is 5.01. The molecule has 0 bridgehead atoms. The highest BCUT2D eigenvalue weighted by molar-refractivity contribution is 6.32. The Bertz CT molecular complexity index is 402. The highest BCUT2D eigenvalue weighted by Gasteiger charge is 2.27. The summed E-state index contributed by atoms with van der Waals surface area (Å²) < 4.78 is 5.02. The van der Waals surface area contributed by atoms with Crippen LogP contribution in [0.5, 0.6) is 5.75 Å². The van der Waals surface area contributed by atoms with Gasteiger partial charge in [0.2, 0.25) is 0 Å². The number of nitrogens with two attached hydrogens (primary N) is 1. The van der Waals surface area contributed by atoms with E-state index < -0.39 is 5.41 Å². The van der Waals surface area contributed by atoms with E-state index in [9.17, 15) is 4.79 Å². The first-order chi connectivity index (χ1) is 7.42. The minimum Gasteiger partial charge on any atom is -0.495 e. The molecule has 1 aromatic rings. The van der Waals surface area contributed by atoms with Crippen molar-refractivity contribution in [2.24, 2.45) is 11.1 Å². The lowest BCUT2D eigenvalue weighted by Gasteiger charge is -2.20. The van der Waals surface area contributed by atoms with Crippen LogP contribution in [0, 0.1) is 5.41 Å². The zero-order valence-electron chi connectivity index (χ0n) is 9.71. The van der Waals surface area contributed by atoms with E-state index in [4.69, 9.17) is 22.1 Å². The summed E-state index contributed by atoms with van der Waals surface area (Å²) in [4.78, 5) is 12.1. The van der Waals surface area contributed by atoms with Gasteiger partial charge in [0.1, 0.15) is 5.75 Å². The zero-order chi connectivity index (χ0) is 12.3. The Labute approximate surface area is 101 Å². The molecule has 1 rings (SSSR count). The van der Waals surface area contributed by atoms with Crippen LogP contribution in [-0.4, -0.2) is 19.4 Å². The zero-order valence-corrected chi connectivity index (χ0v) is 10.5. The molecule has 1 aromatic carbocycles. The van der Waals surface area contributed by atoms with Gasteiger partial charge < -0.3 is 10.5 Å².